The Balaban J connectivity index is 1.95. The van der Waals surface area contributed by atoms with Crippen LogP contribution in [0.2, 0.25) is 0 Å². The van der Waals surface area contributed by atoms with Gasteiger partial charge in [0.25, 0.3) is 0 Å². The van der Waals surface area contributed by atoms with Gasteiger partial charge in [0.2, 0.25) is 11.8 Å². The van der Waals surface area contributed by atoms with Crippen molar-refractivity contribution in [3.8, 4) is 0 Å². The van der Waals surface area contributed by atoms with Crippen LogP contribution >= 0.6 is 11.8 Å². The number of aromatic nitrogens is 2. The lowest BCUT2D eigenvalue weighted by Crippen LogP contribution is -2.60. The smallest absolute Gasteiger partial charge is 0.250 e. The summed E-state index contributed by atoms with van der Waals surface area (Å²) in [6.07, 6.45) is 3.54. The Kier molecular flexibility index (Phi) is 4.13. The van der Waals surface area contributed by atoms with Gasteiger partial charge in [0.15, 0.2) is 5.16 Å². The number of carbonyl (C=O) groups excluding carboxylic acids is 2. The molecule has 6 nitrogen and oxygen atoms in total. The molecule has 1 aliphatic heterocycles. The first-order valence-electron chi connectivity index (χ1n) is 7.71. The van der Waals surface area contributed by atoms with Crippen LogP contribution in [0.3, 0.4) is 0 Å². The van der Waals surface area contributed by atoms with Crippen molar-refractivity contribution in [1.29, 1.82) is 0 Å². The van der Waals surface area contributed by atoms with Gasteiger partial charge in [0.05, 0.1) is 16.6 Å². The van der Waals surface area contributed by atoms with E-state index in [1.165, 1.54) is 11.8 Å². The van der Waals surface area contributed by atoms with Gasteiger partial charge in [-0.1, -0.05) is 23.9 Å². The fourth-order valence-electron chi connectivity index (χ4n) is 2.70. The number of benzene rings is 1. The van der Waals surface area contributed by atoms with E-state index >= 15 is 0 Å². The van der Waals surface area contributed by atoms with Gasteiger partial charge in [-0.05, 0) is 32.9 Å². The first-order valence-corrected chi connectivity index (χ1v) is 8.59. The van der Waals surface area contributed by atoms with Crippen LogP contribution in [-0.4, -0.2) is 32.2 Å². The maximum absolute atomic E-state index is 13.1. The Labute approximate surface area is 145 Å². The number of carbonyl (C=O) groups is 2. The van der Waals surface area contributed by atoms with Gasteiger partial charge >= 0.3 is 0 Å². The number of aryl methyl sites for hydroxylation is 1. The van der Waals surface area contributed by atoms with Crippen molar-refractivity contribution in [3.63, 3.8) is 0 Å². The van der Waals surface area contributed by atoms with Crippen LogP contribution in [0.25, 0.3) is 0 Å². The summed E-state index contributed by atoms with van der Waals surface area (Å²) >= 11 is 1.38. The zero-order valence-corrected chi connectivity index (χ0v) is 14.9. The number of anilines is 2. The average Bonchev–Trinajstić information content (AvgIpc) is 2.93. The van der Waals surface area contributed by atoms with Crippen LogP contribution in [0.15, 0.2) is 41.8 Å². The highest BCUT2D eigenvalue weighted by Gasteiger charge is 2.44. The molecule has 1 aliphatic rings. The second-order valence-corrected chi connectivity index (χ2v) is 7.59. The van der Waals surface area contributed by atoms with Crippen molar-refractivity contribution in [2.45, 2.75) is 36.7 Å². The molecule has 1 unspecified atom stereocenters. The van der Waals surface area contributed by atoms with E-state index in [1.54, 1.807) is 31.0 Å². The Morgan fingerprint density at radius 3 is 2.71 bits per heavy atom. The molecule has 0 saturated carbocycles. The Morgan fingerprint density at radius 2 is 2.04 bits per heavy atom. The van der Waals surface area contributed by atoms with Crippen molar-refractivity contribution >= 4 is 35.0 Å². The van der Waals surface area contributed by atoms with Crippen LogP contribution in [0, 0.1) is 0 Å². The fraction of sp³-hybridized carbons (Fsp3) is 0.353. The molecule has 3 rings (SSSR count). The monoisotopic (exact) mass is 344 g/mol. The second-order valence-electron chi connectivity index (χ2n) is 6.28. The van der Waals surface area contributed by atoms with Crippen molar-refractivity contribution in [2.24, 2.45) is 7.05 Å². The lowest BCUT2D eigenvalue weighted by molar-refractivity contribution is -0.126. The van der Waals surface area contributed by atoms with E-state index in [-0.39, 0.29) is 17.1 Å². The number of rotatable bonds is 3. The molecule has 0 fully saturated rings. The van der Waals surface area contributed by atoms with E-state index in [0.717, 1.165) is 10.8 Å². The van der Waals surface area contributed by atoms with Crippen LogP contribution in [-0.2, 0) is 16.6 Å². The Morgan fingerprint density at radius 1 is 1.33 bits per heavy atom. The molecule has 7 heteroatoms. The highest BCUT2D eigenvalue weighted by molar-refractivity contribution is 8.00. The summed E-state index contributed by atoms with van der Waals surface area (Å²) in [6.45, 7) is 5.36. The standard InChI is InChI=1S/C17H20N4O2S/c1-11(24-16-18-9-10-20(16)4)14(22)21-13-8-6-5-7-12(13)19-15(23)17(21,2)3/h5-11H,1-4H3,(H,19,23). The predicted molar refractivity (Wildman–Crippen MR) is 95.2 cm³/mol. The fourth-order valence-corrected chi connectivity index (χ4v) is 3.57. The normalized spacial score (nSPS) is 17.2. The molecular weight excluding hydrogens is 324 g/mol. The molecule has 0 aliphatic carbocycles. The summed E-state index contributed by atoms with van der Waals surface area (Å²) in [4.78, 5) is 31.5. The van der Waals surface area contributed by atoms with Crippen molar-refractivity contribution < 1.29 is 9.59 Å². The van der Waals surface area contributed by atoms with Gasteiger partial charge < -0.3 is 9.88 Å². The average molecular weight is 344 g/mol. The number of imidazole rings is 1. The lowest BCUT2D eigenvalue weighted by atomic mass is 9.96. The van der Waals surface area contributed by atoms with Crippen LogP contribution in [0.1, 0.15) is 20.8 Å². The minimum atomic E-state index is -0.956. The van der Waals surface area contributed by atoms with Gasteiger partial charge in [-0.25, -0.2) is 4.98 Å². The minimum Gasteiger partial charge on any atom is -0.329 e. The Bertz CT molecular complexity index is 799. The van der Waals surface area contributed by atoms with E-state index in [9.17, 15) is 9.59 Å². The van der Waals surface area contributed by atoms with Gasteiger partial charge in [-0.3, -0.25) is 14.5 Å². The zero-order chi connectivity index (χ0) is 17.5. The third kappa shape index (κ3) is 2.69. The number of para-hydroxylation sites is 2. The molecule has 126 valence electrons. The molecule has 1 N–H and O–H groups in total. The maximum atomic E-state index is 13.1. The largest absolute Gasteiger partial charge is 0.329 e. The highest BCUT2D eigenvalue weighted by Crippen LogP contribution is 2.38. The first-order chi connectivity index (χ1) is 11.3. The third-order valence-corrected chi connectivity index (χ3v) is 5.29. The van der Waals surface area contributed by atoms with Gasteiger partial charge in [0, 0.05) is 19.4 Å². The SMILES string of the molecule is CC(Sc1nccn1C)C(=O)N1c2ccccc2NC(=O)C1(C)C. The summed E-state index contributed by atoms with van der Waals surface area (Å²) in [6, 6.07) is 7.36. The van der Waals surface area contributed by atoms with Crippen molar-refractivity contribution in [3.05, 3.63) is 36.7 Å². The summed E-state index contributed by atoms with van der Waals surface area (Å²) in [7, 11) is 1.89. The second kappa shape index (κ2) is 5.98. The van der Waals surface area contributed by atoms with Crippen molar-refractivity contribution in [1.82, 2.24) is 9.55 Å². The molecule has 0 bridgehead atoms. The number of amides is 2. The number of fused-ring (bicyclic) bond motifs is 1. The van der Waals surface area contributed by atoms with Crippen LogP contribution in [0.5, 0.6) is 0 Å². The molecule has 1 atom stereocenters. The van der Waals surface area contributed by atoms with E-state index < -0.39 is 5.54 Å². The molecule has 2 aromatic rings. The number of nitrogens with zero attached hydrogens (tertiary/aromatic N) is 3. The summed E-state index contributed by atoms with van der Waals surface area (Å²) in [5.41, 5.74) is 0.422. The first kappa shape index (κ1) is 16.6. The van der Waals surface area contributed by atoms with Crippen LogP contribution < -0.4 is 10.2 Å². The molecule has 0 spiro atoms. The molecule has 0 saturated heterocycles. The van der Waals surface area contributed by atoms with Gasteiger partial charge in [0.1, 0.15) is 5.54 Å². The topological polar surface area (TPSA) is 67.2 Å². The maximum Gasteiger partial charge on any atom is 0.250 e. The lowest BCUT2D eigenvalue weighted by Gasteiger charge is -2.43. The summed E-state index contributed by atoms with van der Waals surface area (Å²) in [5, 5.41) is 3.27. The van der Waals surface area contributed by atoms with E-state index in [0.29, 0.717) is 5.69 Å². The quantitative estimate of drug-likeness (QED) is 0.869. The van der Waals surface area contributed by atoms with Crippen molar-refractivity contribution in [2.75, 3.05) is 10.2 Å². The van der Waals surface area contributed by atoms with Crippen LogP contribution in [0.4, 0.5) is 11.4 Å². The third-order valence-electron chi connectivity index (χ3n) is 4.14. The number of hydrogen-bond donors (Lipinski definition) is 1. The number of hydrogen-bond acceptors (Lipinski definition) is 4. The molecule has 2 amide bonds. The summed E-state index contributed by atoms with van der Waals surface area (Å²) in [5.74, 6) is -0.306. The minimum absolute atomic E-state index is 0.115. The zero-order valence-electron chi connectivity index (χ0n) is 14.1. The molecule has 0 radical (unpaired) electrons. The molecule has 1 aromatic carbocycles. The van der Waals surface area contributed by atoms with Gasteiger partial charge in [-0.15, -0.1) is 0 Å². The Hall–Kier alpha value is -2.28. The number of thioether (sulfide) groups is 1. The molecule has 1 aromatic heterocycles. The molecule has 24 heavy (non-hydrogen) atoms. The van der Waals surface area contributed by atoms with E-state index in [2.05, 4.69) is 10.3 Å². The summed E-state index contributed by atoms with van der Waals surface area (Å²) < 4.78 is 1.87. The molecule has 2 heterocycles. The number of nitrogens with one attached hydrogen (secondary N) is 1. The van der Waals surface area contributed by atoms with Gasteiger partial charge in [-0.2, -0.15) is 0 Å². The highest BCUT2D eigenvalue weighted by atomic mass is 32.2. The predicted octanol–water partition coefficient (Wildman–Crippen LogP) is 2.66. The molecular formula is C17H20N4O2S. The van der Waals surface area contributed by atoms with E-state index in [4.69, 9.17) is 0 Å². The van der Waals surface area contributed by atoms with E-state index in [1.807, 2.05) is 42.9 Å².